The maximum atomic E-state index is 13.1. The number of anilines is 3. The van der Waals surface area contributed by atoms with Gasteiger partial charge in [0.1, 0.15) is 10.7 Å². The Morgan fingerprint density at radius 2 is 1.61 bits per heavy atom. The van der Waals surface area contributed by atoms with Crippen molar-refractivity contribution in [3.8, 4) is 5.82 Å². The van der Waals surface area contributed by atoms with Crippen molar-refractivity contribution in [2.24, 2.45) is 0 Å². The number of rotatable bonds is 6. The molecule has 0 bridgehead atoms. The van der Waals surface area contributed by atoms with E-state index in [1.54, 1.807) is 48.5 Å². The van der Waals surface area contributed by atoms with Gasteiger partial charge in [-0.15, -0.1) is 0 Å². The van der Waals surface area contributed by atoms with Crippen molar-refractivity contribution < 1.29 is 17.6 Å². The molecule has 2 N–H and O–H groups in total. The largest absolute Gasteiger partial charge is 0.323 e. The molecule has 9 nitrogen and oxygen atoms in total. The fourth-order valence-electron chi connectivity index (χ4n) is 2.93. The van der Waals surface area contributed by atoms with Crippen molar-refractivity contribution in [1.82, 2.24) is 14.8 Å². The molecule has 0 radical (unpaired) electrons. The number of carbonyl (C=O) groups is 1. The van der Waals surface area contributed by atoms with Crippen LogP contribution < -0.4 is 14.9 Å². The van der Waals surface area contributed by atoms with Gasteiger partial charge in [0, 0.05) is 18.4 Å². The van der Waals surface area contributed by atoms with Crippen LogP contribution in [0.25, 0.3) is 5.82 Å². The summed E-state index contributed by atoms with van der Waals surface area (Å²) in [6, 6.07) is 17.5. The third-order valence-corrected chi connectivity index (χ3v) is 6.42. The van der Waals surface area contributed by atoms with Crippen molar-refractivity contribution in [1.29, 1.82) is 0 Å². The minimum absolute atomic E-state index is 0.0550. The smallest absolute Gasteiger partial charge is 0.308 e. The van der Waals surface area contributed by atoms with Crippen LogP contribution in [0.15, 0.2) is 90.2 Å². The Morgan fingerprint density at radius 1 is 0.939 bits per heavy atom. The monoisotopic (exact) mass is 466 g/mol. The number of urea groups is 1. The second-order valence-corrected chi connectivity index (χ2v) is 8.89. The molecule has 2 aromatic carbocycles. The first-order chi connectivity index (χ1) is 15.8. The van der Waals surface area contributed by atoms with Gasteiger partial charge in [-0.3, -0.25) is 4.31 Å². The van der Waals surface area contributed by atoms with E-state index in [1.165, 1.54) is 36.3 Å². The highest BCUT2D eigenvalue weighted by atomic mass is 32.2. The van der Waals surface area contributed by atoms with Crippen LogP contribution in [0.3, 0.4) is 0 Å². The molecule has 2 amide bonds. The van der Waals surface area contributed by atoms with Crippen LogP contribution in [-0.4, -0.2) is 36.3 Å². The summed E-state index contributed by atoms with van der Waals surface area (Å²) >= 11 is 0. The minimum Gasteiger partial charge on any atom is -0.308 e. The fourth-order valence-corrected chi connectivity index (χ4v) is 4.06. The Labute approximate surface area is 189 Å². The van der Waals surface area contributed by atoms with Gasteiger partial charge in [-0.05, 0) is 48.5 Å². The van der Waals surface area contributed by atoms with E-state index >= 15 is 0 Å². The van der Waals surface area contributed by atoms with Gasteiger partial charge in [-0.1, -0.05) is 18.2 Å². The van der Waals surface area contributed by atoms with Crippen molar-refractivity contribution in [3.63, 3.8) is 0 Å². The van der Waals surface area contributed by atoms with Gasteiger partial charge >= 0.3 is 6.03 Å². The average molecular weight is 466 g/mol. The summed E-state index contributed by atoms with van der Waals surface area (Å²) in [5.74, 6) is -0.223. The van der Waals surface area contributed by atoms with E-state index in [1.807, 2.05) is 6.07 Å². The molecule has 33 heavy (non-hydrogen) atoms. The molecule has 0 atom stereocenters. The molecule has 0 aliphatic carbocycles. The zero-order chi connectivity index (χ0) is 23.4. The summed E-state index contributed by atoms with van der Waals surface area (Å²) < 4.78 is 41.4. The lowest BCUT2D eigenvalue weighted by atomic mass is 10.3. The van der Waals surface area contributed by atoms with Crippen LogP contribution in [0, 0.1) is 5.82 Å². The highest BCUT2D eigenvalue weighted by Gasteiger charge is 2.23. The molecule has 11 heteroatoms. The standard InChI is InChI=1S/C22H19FN6O3S/c1-28(33(31,32)20-14-25-29(15-20)21-12-7-16(23)13-24-21)19-10-8-18(9-11-19)27-22(30)26-17-5-3-2-4-6-17/h2-15H,1H3,(H2,26,27,30). The number of halogens is 1. The second kappa shape index (κ2) is 9.09. The van der Waals surface area contributed by atoms with Gasteiger partial charge in [0.05, 0.1) is 24.3 Å². The number of benzene rings is 2. The van der Waals surface area contributed by atoms with E-state index in [-0.39, 0.29) is 10.7 Å². The van der Waals surface area contributed by atoms with Crippen LogP contribution in [0.1, 0.15) is 0 Å². The fraction of sp³-hybridized carbons (Fsp3) is 0.0455. The Balaban J connectivity index is 1.45. The lowest BCUT2D eigenvalue weighted by Gasteiger charge is -2.19. The summed E-state index contributed by atoms with van der Waals surface area (Å²) in [5.41, 5.74) is 1.53. The summed E-state index contributed by atoms with van der Waals surface area (Å²) in [5, 5.41) is 9.40. The van der Waals surface area contributed by atoms with Gasteiger partial charge in [0.25, 0.3) is 10.0 Å². The number of aromatic nitrogens is 3. The Hall–Kier alpha value is -4.25. The van der Waals surface area contributed by atoms with Crippen LogP contribution >= 0.6 is 0 Å². The number of pyridine rings is 1. The zero-order valence-corrected chi connectivity index (χ0v) is 18.2. The number of para-hydroxylation sites is 1. The van der Waals surface area contributed by atoms with Gasteiger partial charge in [-0.25, -0.2) is 27.3 Å². The summed E-state index contributed by atoms with van der Waals surface area (Å²) in [6.07, 6.45) is 3.52. The van der Waals surface area contributed by atoms with Crippen molar-refractivity contribution in [2.75, 3.05) is 22.0 Å². The first kappa shape index (κ1) is 22.0. The van der Waals surface area contributed by atoms with E-state index in [4.69, 9.17) is 0 Å². The molecular weight excluding hydrogens is 447 g/mol. The SMILES string of the molecule is CN(c1ccc(NC(=O)Nc2ccccc2)cc1)S(=O)(=O)c1cnn(-c2ccc(F)cn2)c1. The van der Waals surface area contributed by atoms with Crippen molar-refractivity contribution in [2.45, 2.75) is 4.90 Å². The Morgan fingerprint density at radius 3 is 2.24 bits per heavy atom. The third-order valence-electron chi connectivity index (χ3n) is 4.68. The number of carbonyl (C=O) groups excluding carboxylic acids is 1. The van der Waals surface area contributed by atoms with E-state index < -0.39 is 21.9 Å². The normalized spacial score (nSPS) is 11.1. The predicted octanol–water partition coefficient (Wildman–Crippen LogP) is 3.88. The van der Waals surface area contributed by atoms with E-state index in [0.717, 1.165) is 10.5 Å². The number of amides is 2. The lowest BCUT2D eigenvalue weighted by molar-refractivity contribution is 0.262. The van der Waals surface area contributed by atoms with E-state index in [2.05, 4.69) is 20.7 Å². The maximum absolute atomic E-state index is 13.1. The minimum atomic E-state index is -3.92. The Bertz CT molecular complexity index is 1360. The Kier molecular flexibility index (Phi) is 6.05. The molecule has 0 aliphatic heterocycles. The lowest BCUT2D eigenvalue weighted by Crippen LogP contribution is -2.26. The van der Waals surface area contributed by atoms with Crippen LogP contribution in [0.2, 0.25) is 0 Å². The van der Waals surface area contributed by atoms with Crippen LogP contribution in [0.5, 0.6) is 0 Å². The van der Waals surface area contributed by atoms with E-state index in [9.17, 15) is 17.6 Å². The summed E-state index contributed by atoms with van der Waals surface area (Å²) in [4.78, 5) is 15.9. The van der Waals surface area contributed by atoms with Gasteiger partial charge in [0.15, 0.2) is 5.82 Å². The zero-order valence-electron chi connectivity index (χ0n) is 17.4. The second-order valence-electron chi connectivity index (χ2n) is 6.92. The van der Waals surface area contributed by atoms with Crippen molar-refractivity contribution >= 4 is 33.1 Å². The molecule has 0 unspecified atom stereocenters. The van der Waals surface area contributed by atoms with Crippen molar-refractivity contribution in [3.05, 3.63) is 91.1 Å². The summed E-state index contributed by atoms with van der Waals surface area (Å²) in [6.45, 7) is 0. The molecule has 4 aromatic rings. The summed E-state index contributed by atoms with van der Waals surface area (Å²) in [7, 11) is -2.51. The number of hydrogen-bond acceptors (Lipinski definition) is 5. The van der Waals surface area contributed by atoms with Gasteiger partial charge in [0.2, 0.25) is 0 Å². The highest BCUT2D eigenvalue weighted by molar-refractivity contribution is 7.92. The third kappa shape index (κ3) is 4.99. The molecule has 0 fully saturated rings. The quantitative estimate of drug-likeness (QED) is 0.448. The molecule has 0 saturated heterocycles. The topological polar surface area (TPSA) is 109 Å². The number of sulfonamides is 1. The number of hydrogen-bond donors (Lipinski definition) is 2. The van der Waals surface area contributed by atoms with Gasteiger partial charge in [-0.2, -0.15) is 5.10 Å². The molecule has 0 spiro atoms. The van der Waals surface area contributed by atoms with Gasteiger partial charge < -0.3 is 10.6 Å². The molecule has 4 rings (SSSR count). The van der Waals surface area contributed by atoms with Crippen LogP contribution in [-0.2, 0) is 10.0 Å². The maximum Gasteiger partial charge on any atom is 0.323 e. The number of nitrogens with one attached hydrogen (secondary N) is 2. The molecule has 2 heterocycles. The highest BCUT2D eigenvalue weighted by Crippen LogP contribution is 2.24. The first-order valence-corrected chi connectivity index (χ1v) is 11.2. The molecule has 168 valence electrons. The molecular formula is C22H19FN6O3S. The average Bonchev–Trinajstić information content (AvgIpc) is 3.31. The van der Waals surface area contributed by atoms with Crippen LogP contribution in [0.4, 0.5) is 26.2 Å². The van der Waals surface area contributed by atoms with E-state index in [0.29, 0.717) is 17.1 Å². The molecule has 2 aromatic heterocycles. The predicted molar refractivity (Wildman–Crippen MR) is 122 cm³/mol. The molecule has 0 aliphatic rings. The molecule has 0 saturated carbocycles. The first-order valence-electron chi connectivity index (χ1n) is 9.71. The number of nitrogens with zero attached hydrogens (tertiary/aromatic N) is 4.